The maximum atomic E-state index is 4.49. The van der Waals surface area contributed by atoms with E-state index in [0.717, 1.165) is 28.3 Å². The van der Waals surface area contributed by atoms with Gasteiger partial charge in [-0.05, 0) is 48.9 Å². The van der Waals surface area contributed by atoms with Crippen molar-refractivity contribution in [1.29, 1.82) is 0 Å². The van der Waals surface area contributed by atoms with Crippen molar-refractivity contribution in [2.45, 2.75) is 16.7 Å². The molecule has 2 N–H and O–H groups in total. The second-order valence-corrected chi connectivity index (χ2v) is 6.69. The molecule has 1 aliphatic rings. The Morgan fingerprint density at radius 1 is 0.875 bits per heavy atom. The number of benzene rings is 3. The van der Waals surface area contributed by atoms with E-state index in [-0.39, 0.29) is 0 Å². The van der Waals surface area contributed by atoms with Crippen molar-refractivity contribution in [3.63, 3.8) is 0 Å². The molecule has 0 radical (unpaired) electrons. The van der Waals surface area contributed by atoms with E-state index in [1.54, 1.807) is 11.8 Å². The minimum absolute atomic E-state index is 0.951. The van der Waals surface area contributed by atoms with Crippen LogP contribution in [0.1, 0.15) is 12.5 Å². The fraction of sp³-hybridized carbons (Fsp3) is 0.0500. The van der Waals surface area contributed by atoms with Crippen molar-refractivity contribution in [2.75, 3.05) is 10.7 Å². The Bertz CT molecular complexity index is 904. The maximum Gasteiger partial charge on any atom is 0.0649 e. The predicted molar refractivity (Wildman–Crippen MR) is 103 cm³/mol. The highest BCUT2D eigenvalue weighted by Crippen LogP contribution is 2.44. The van der Waals surface area contributed by atoms with Crippen LogP contribution in [-0.4, -0.2) is 5.71 Å². The van der Waals surface area contributed by atoms with E-state index in [1.165, 1.54) is 9.79 Å². The lowest BCUT2D eigenvalue weighted by molar-refractivity contribution is 1.29. The smallest absolute Gasteiger partial charge is 0.0649 e. The predicted octanol–water partition coefficient (Wildman–Crippen LogP) is 5.73. The normalized spacial score (nSPS) is 12.8. The summed E-state index contributed by atoms with van der Waals surface area (Å²) in [6, 6.07) is 24.8. The van der Waals surface area contributed by atoms with E-state index < -0.39 is 0 Å². The summed E-state index contributed by atoms with van der Waals surface area (Å²) in [4.78, 5) is 2.50. The number of para-hydroxylation sites is 2. The summed E-state index contributed by atoms with van der Waals surface area (Å²) in [5.41, 5.74) is 8.42. The first kappa shape index (κ1) is 14.8. The molecule has 0 unspecified atom stereocenters. The third-order valence-electron chi connectivity index (χ3n) is 3.90. The van der Waals surface area contributed by atoms with Crippen molar-refractivity contribution in [3.05, 3.63) is 78.4 Å². The van der Waals surface area contributed by atoms with Gasteiger partial charge in [0.15, 0.2) is 0 Å². The zero-order chi connectivity index (χ0) is 16.4. The fourth-order valence-corrected chi connectivity index (χ4v) is 3.56. The van der Waals surface area contributed by atoms with E-state index in [9.17, 15) is 0 Å². The molecule has 4 heteroatoms. The van der Waals surface area contributed by atoms with Crippen molar-refractivity contribution >= 4 is 34.5 Å². The number of hydrazone groups is 1. The summed E-state index contributed by atoms with van der Waals surface area (Å²) in [5.74, 6) is 0. The largest absolute Gasteiger partial charge is 0.354 e. The SMILES string of the molecule is C/C(=N\Nc1ccccc1)c1ccc2c(c1)Nc1ccccc1S2. The first-order valence-electron chi connectivity index (χ1n) is 7.83. The Labute approximate surface area is 145 Å². The second kappa shape index (κ2) is 6.42. The van der Waals surface area contributed by atoms with Crippen LogP contribution in [0, 0.1) is 0 Å². The van der Waals surface area contributed by atoms with Gasteiger partial charge in [0.1, 0.15) is 0 Å². The Kier molecular flexibility index (Phi) is 3.97. The van der Waals surface area contributed by atoms with Gasteiger partial charge in [-0.2, -0.15) is 5.10 Å². The van der Waals surface area contributed by atoms with E-state index in [2.05, 4.69) is 58.3 Å². The summed E-state index contributed by atoms with van der Waals surface area (Å²) in [5, 5.41) is 8.00. The van der Waals surface area contributed by atoms with Crippen LogP contribution in [0.2, 0.25) is 0 Å². The third kappa shape index (κ3) is 3.01. The molecular weight excluding hydrogens is 314 g/mol. The van der Waals surface area contributed by atoms with E-state index in [1.807, 2.05) is 37.3 Å². The number of hydrogen-bond donors (Lipinski definition) is 2. The topological polar surface area (TPSA) is 36.4 Å². The van der Waals surface area contributed by atoms with Gasteiger partial charge < -0.3 is 5.32 Å². The molecule has 3 aromatic rings. The second-order valence-electron chi connectivity index (χ2n) is 5.61. The lowest BCUT2D eigenvalue weighted by Crippen LogP contribution is -2.04. The summed E-state index contributed by atoms with van der Waals surface area (Å²) < 4.78 is 0. The fourth-order valence-electron chi connectivity index (χ4n) is 2.59. The lowest BCUT2D eigenvalue weighted by Gasteiger charge is -2.21. The molecule has 0 bridgehead atoms. The van der Waals surface area contributed by atoms with E-state index in [4.69, 9.17) is 0 Å². The molecular formula is C20H17N3S. The molecule has 24 heavy (non-hydrogen) atoms. The molecule has 3 nitrogen and oxygen atoms in total. The monoisotopic (exact) mass is 331 g/mol. The Morgan fingerprint density at radius 2 is 1.62 bits per heavy atom. The minimum Gasteiger partial charge on any atom is -0.354 e. The zero-order valence-corrected chi connectivity index (χ0v) is 14.1. The van der Waals surface area contributed by atoms with Gasteiger partial charge in [0.2, 0.25) is 0 Å². The van der Waals surface area contributed by atoms with Crippen molar-refractivity contribution in [2.24, 2.45) is 5.10 Å². The van der Waals surface area contributed by atoms with Gasteiger partial charge in [-0.25, -0.2) is 0 Å². The van der Waals surface area contributed by atoms with Crippen LogP contribution in [-0.2, 0) is 0 Å². The average Bonchev–Trinajstić information content (AvgIpc) is 2.64. The molecule has 1 heterocycles. The third-order valence-corrected chi connectivity index (χ3v) is 5.05. The van der Waals surface area contributed by atoms with Crippen LogP contribution in [0.4, 0.5) is 17.1 Å². The van der Waals surface area contributed by atoms with Crippen molar-refractivity contribution in [1.82, 2.24) is 0 Å². The van der Waals surface area contributed by atoms with E-state index >= 15 is 0 Å². The number of rotatable bonds is 3. The minimum atomic E-state index is 0.951. The highest BCUT2D eigenvalue weighted by Gasteiger charge is 2.15. The number of anilines is 3. The number of nitrogens with zero attached hydrogens (tertiary/aromatic N) is 1. The molecule has 0 saturated carbocycles. The number of fused-ring (bicyclic) bond motifs is 2. The van der Waals surface area contributed by atoms with Gasteiger partial charge in [0, 0.05) is 9.79 Å². The van der Waals surface area contributed by atoms with Crippen LogP contribution in [0.5, 0.6) is 0 Å². The Balaban J connectivity index is 1.58. The highest BCUT2D eigenvalue weighted by molar-refractivity contribution is 7.99. The molecule has 0 amide bonds. The molecule has 3 aromatic carbocycles. The van der Waals surface area contributed by atoms with Crippen LogP contribution in [0.25, 0.3) is 0 Å². The maximum absolute atomic E-state index is 4.49. The zero-order valence-electron chi connectivity index (χ0n) is 13.3. The van der Waals surface area contributed by atoms with Gasteiger partial charge in [0.25, 0.3) is 0 Å². The molecule has 118 valence electrons. The number of hydrogen-bond acceptors (Lipinski definition) is 4. The molecule has 4 rings (SSSR count). The molecule has 0 spiro atoms. The van der Waals surface area contributed by atoms with Crippen molar-refractivity contribution < 1.29 is 0 Å². The average molecular weight is 331 g/mol. The van der Waals surface area contributed by atoms with Crippen LogP contribution < -0.4 is 10.7 Å². The molecule has 0 aliphatic carbocycles. The summed E-state index contributed by atoms with van der Waals surface area (Å²) in [6.45, 7) is 2.02. The summed E-state index contributed by atoms with van der Waals surface area (Å²) in [7, 11) is 0. The lowest BCUT2D eigenvalue weighted by atomic mass is 10.1. The molecule has 1 aliphatic heterocycles. The first-order valence-corrected chi connectivity index (χ1v) is 8.65. The quantitative estimate of drug-likeness (QED) is 0.372. The Hall–Kier alpha value is -2.72. The summed E-state index contributed by atoms with van der Waals surface area (Å²) >= 11 is 1.80. The van der Waals surface area contributed by atoms with Gasteiger partial charge in [-0.1, -0.05) is 48.2 Å². The highest BCUT2D eigenvalue weighted by atomic mass is 32.2. The molecule has 0 aromatic heterocycles. The Morgan fingerprint density at radius 3 is 2.50 bits per heavy atom. The van der Waals surface area contributed by atoms with E-state index in [0.29, 0.717) is 0 Å². The molecule has 0 saturated heterocycles. The first-order chi connectivity index (χ1) is 11.8. The van der Waals surface area contributed by atoms with Crippen LogP contribution in [0.15, 0.2) is 87.7 Å². The van der Waals surface area contributed by atoms with Gasteiger partial charge in [-0.3, -0.25) is 5.43 Å². The van der Waals surface area contributed by atoms with Crippen LogP contribution >= 0.6 is 11.8 Å². The number of nitrogens with one attached hydrogen (secondary N) is 2. The van der Waals surface area contributed by atoms with Gasteiger partial charge in [-0.15, -0.1) is 0 Å². The van der Waals surface area contributed by atoms with Crippen molar-refractivity contribution in [3.8, 4) is 0 Å². The standard InChI is InChI=1S/C20H17N3S/c1-14(22-23-16-7-3-2-4-8-16)15-11-12-20-18(13-15)21-17-9-5-6-10-19(17)24-20/h2-13,21,23H,1H3/b22-14+. The van der Waals surface area contributed by atoms with Gasteiger partial charge in [0.05, 0.1) is 22.8 Å². The van der Waals surface area contributed by atoms with Crippen LogP contribution in [0.3, 0.4) is 0 Å². The van der Waals surface area contributed by atoms with Gasteiger partial charge >= 0.3 is 0 Å². The molecule has 0 fully saturated rings. The molecule has 0 atom stereocenters. The summed E-state index contributed by atoms with van der Waals surface area (Å²) in [6.07, 6.45) is 0.